The maximum Gasteiger partial charge on any atom is 0.244 e. The fourth-order valence-electron chi connectivity index (χ4n) is 8.52. The molecule has 2 saturated carbocycles. The minimum absolute atomic E-state index is 0.0127. The van der Waals surface area contributed by atoms with Crippen LogP contribution in [0.1, 0.15) is 81.4 Å². The Morgan fingerprint density at radius 2 is 1.87 bits per heavy atom. The Hall–Kier alpha value is -2.38. The van der Waals surface area contributed by atoms with Crippen LogP contribution in [0.5, 0.6) is 5.75 Å². The van der Waals surface area contributed by atoms with E-state index in [4.69, 9.17) is 4.74 Å². The lowest BCUT2D eigenvalue weighted by molar-refractivity contribution is -0.154. The number of carbonyl (C=O) groups excluding carboxylic acids is 1. The van der Waals surface area contributed by atoms with Gasteiger partial charge < -0.3 is 14.7 Å². The van der Waals surface area contributed by atoms with Crippen LogP contribution >= 0.6 is 0 Å². The molecule has 2 saturated heterocycles. The Bertz CT molecular complexity index is 1220. The first-order valence-corrected chi connectivity index (χ1v) is 15.1. The summed E-state index contributed by atoms with van der Waals surface area (Å²) in [6.45, 7) is 9.40. The van der Waals surface area contributed by atoms with Crippen molar-refractivity contribution in [3.63, 3.8) is 0 Å². The number of fused-ring (bicyclic) bond motifs is 1. The highest BCUT2D eigenvalue weighted by atomic mass is 16.5. The van der Waals surface area contributed by atoms with Crippen molar-refractivity contribution in [2.45, 2.75) is 108 Å². The number of amides is 1. The quantitative estimate of drug-likeness (QED) is 0.586. The summed E-state index contributed by atoms with van der Waals surface area (Å²) in [4.78, 5) is 18.8. The van der Waals surface area contributed by atoms with Gasteiger partial charge in [0.1, 0.15) is 12.3 Å². The number of hydrogen-bond donors (Lipinski definition) is 1. The van der Waals surface area contributed by atoms with E-state index in [9.17, 15) is 9.90 Å². The van der Waals surface area contributed by atoms with Gasteiger partial charge in [-0.3, -0.25) is 14.4 Å². The standard InChI is InChI=1S/C32H46N4O3/c1-23-18-33-35(19-23)21-29(37)36-16-14-31(28-17-27(39-4)10-7-24(28)2)13-15-34(20-26-8-9-26)25(3)32(31,38)22-30(36)11-5-6-12-30/h7,10,17-19,25-26,38H,5-6,8-9,11-16,20-22H2,1-4H3. The van der Waals surface area contributed by atoms with E-state index in [0.717, 1.165) is 68.8 Å². The van der Waals surface area contributed by atoms with E-state index in [1.165, 1.54) is 24.0 Å². The molecule has 0 radical (unpaired) electrons. The molecule has 39 heavy (non-hydrogen) atoms. The maximum atomic E-state index is 14.1. The molecular formula is C32H46N4O3. The summed E-state index contributed by atoms with van der Waals surface area (Å²) >= 11 is 0. The molecule has 212 valence electrons. The predicted molar refractivity (Wildman–Crippen MR) is 152 cm³/mol. The van der Waals surface area contributed by atoms with Gasteiger partial charge >= 0.3 is 0 Å². The van der Waals surface area contributed by atoms with Crippen LogP contribution in [0.2, 0.25) is 0 Å². The first-order chi connectivity index (χ1) is 18.7. The third kappa shape index (κ3) is 4.50. The first-order valence-electron chi connectivity index (χ1n) is 15.1. The van der Waals surface area contributed by atoms with Gasteiger partial charge in [-0.25, -0.2) is 0 Å². The highest BCUT2D eigenvalue weighted by molar-refractivity contribution is 5.77. The van der Waals surface area contributed by atoms with Gasteiger partial charge in [-0.1, -0.05) is 18.9 Å². The van der Waals surface area contributed by atoms with Crippen molar-refractivity contribution >= 4 is 5.91 Å². The zero-order chi connectivity index (χ0) is 27.4. The number of carbonyl (C=O) groups is 1. The van der Waals surface area contributed by atoms with E-state index in [-0.39, 0.29) is 24.0 Å². The number of hydrogen-bond acceptors (Lipinski definition) is 5. The summed E-state index contributed by atoms with van der Waals surface area (Å²) in [6, 6.07) is 6.36. The molecular weight excluding hydrogens is 488 g/mol. The van der Waals surface area contributed by atoms with Crippen molar-refractivity contribution in [1.82, 2.24) is 19.6 Å². The second-order valence-corrected chi connectivity index (χ2v) is 13.2. The Morgan fingerprint density at radius 1 is 1.13 bits per heavy atom. The molecule has 4 aliphatic rings. The van der Waals surface area contributed by atoms with Gasteiger partial charge in [-0.15, -0.1) is 0 Å². The summed E-state index contributed by atoms with van der Waals surface area (Å²) in [7, 11) is 1.72. The van der Waals surface area contributed by atoms with E-state index in [1.807, 2.05) is 25.4 Å². The van der Waals surface area contributed by atoms with Gasteiger partial charge in [-0.2, -0.15) is 5.10 Å². The topological polar surface area (TPSA) is 70.8 Å². The average molecular weight is 535 g/mol. The monoisotopic (exact) mass is 534 g/mol. The molecule has 2 aliphatic carbocycles. The molecule has 1 amide bonds. The van der Waals surface area contributed by atoms with Crippen LogP contribution in [-0.4, -0.2) is 74.5 Å². The number of aryl methyl sites for hydroxylation is 2. The van der Waals surface area contributed by atoms with Crippen LogP contribution in [0, 0.1) is 19.8 Å². The van der Waals surface area contributed by atoms with Gasteiger partial charge in [0.2, 0.25) is 5.91 Å². The van der Waals surface area contributed by atoms with Gasteiger partial charge in [-0.05, 0) is 101 Å². The maximum absolute atomic E-state index is 14.1. The van der Waals surface area contributed by atoms with Crippen LogP contribution in [-0.2, 0) is 16.8 Å². The Kier molecular flexibility index (Phi) is 6.82. The summed E-state index contributed by atoms with van der Waals surface area (Å²) in [6.07, 6.45) is 12.8. The number of benzene rings is 1. The molecule has 7 nitrogen and oxygen atoms in total. The predicted octanol–water partition coefficient (Wildman–Crippen LogP) is 4.62. The van der Waals surface area contributed by atoms with Crippen LogP contribution in [0.15, 0.2) is 30.6 Å². The molecule has 1 aromatic carbocycles. The lowest BCUT2D eigenvalue weighted by Gasteiger charge is -2.59. The van der Waals surface area contributed by atoms with Crippen LogP contribution in [0.25, 0.3) is 0 Å². The molecule has 3 heterocycles. The first kappa shape index (κ1) is 26.8. The van der Waals surface area contributed by atoms with Gasteiger partial charge in [0.15, 0.2) is 0 Å². The molecule has 1 N–H and O–H groups in total. The Labute approximate surface area is 233 Å². The number of aliphatic hydroxyl groups is 1. The van der Waals surface area contributed by atoms with Crippen molar-refractivity contribution in [2.75, 3.05) is 26.7 Å². The fraction of sp³-hybridized carbons (Fsp3) is 0.688. The molecule has 3 unspecified atom stereocenters. The minimum Gasteiger partial charge on any atom is -0.497 e. The van der Waals surface area contributed by atoms with E-state index in [1.54, 1.807) is 11.8 Å². The van der Waals surface area contributed by atoms with Crippen molar-refractivity contribution in [2.24, 2.45) is 5.92 Å². The highest BCUT2D eigenvalue weighted by Crippen LogP contribution is 2.58. The van der Waals surface area contributed by atoms with Crippen molar-refractivity contribution < 1.29 is 14.6 Å². The van der Waals surface area contributed by atoms with E-state index >= 15 is 0 Å². The minimum atomic E-state index is -0.959. The van der Waals surface area contributed by atoms with Crippen molar-refractivity contribution in [1.29, 1.82) is 0 Å². The number of nitrogens with zero attached hydrogens (tertiary/aromatic N) is 4. The van der Waals surface area contributed by atoms with Crippen LogP contribution in [0.3, 0.4) is 0 Å². The number of rotatable bonds is 6. The third-order valence-electron chi connectivity index (χ3n) is 10.9. The molecule has 6 rings (SSSR count). The lowest BCUT2D eigenvalue weighted by Crippen LogP contribution is -2.69. The van der Waals surface area contributed by atoms with E-state index in [0.29, 0.717) is 13.0 Å². The second kappa shape index (κ2) is 9.91. The van der Waals surface area contributed by atoms with Gasteiger partial charge in [0, 0.05) is 42.7 Å². The number of aromatic nitrogens is 2. The van der Waals surface area contributed by atoms with Gasteiger partial charge in [0.05, 0.1) is 18.9 Å². The molecule has 7 heteroatoms. The summed E-state index contributed by atoms with van der Waals surface area (Å²) in [5.74, 6) is 1.73. The number of ether oxygens (including phenoxy) is 1. The van der Waals surface area contributed by atoms with E-state index in [2.05, 4.69) is 40.9 Å². The normalized spacial score (nSPS) is 30.8. The highest BCUT2D eigenvalue weighted by Gasteiger charge is 2.64. The Balaban J connectivity index is 1.45. The molecule has 3 atom stereocenters. The van der Waals surface area contributed by atoms with Crippen LogP contribution < -0.4 is 4.74 Å². The summed E-state index contributed by atoms with van der Waals surface area (Å²) < 4.78 is 7.48. The van der Waals surface area contributed by atoms with Crippen LogP contribution in [0.4, 0.5) is 0 Å². The zero-order valence-corrected chi connectivity index (χ0v) is 24.3. The van der Waals surface area contributed by atoms with Gasteiger partial charge in [0.25, 0.3) is 0 Å². The fourth-order valence-corrected chi connectivity index (χ4v) is 8.52. The lowest BCUT2D eigenvalue weighted by atomic mass is 9.55. The Morgan fingerprint density at radius 3 is 2.54 bits per heavy atom. The molecule has 1 spiro atoms. The summed E-state index contributed by atoms with van der Waals surface area (Å²) in [5.41, 5.74) is 1.74. The third-order valence-corrected chi connectivity index (χ3v) is 10.9. The molecule has 2 aromatic rings. The number of methoxy groups -OCH3 is 1. The largest absolute Gasteiger partial charge is 0.497 e. The molecule has 2 aliphatic heterocycles. The average Bonchev–Trinajstić information content (AvgIpc) is 3.49. The smallest absolute Gasteiger partial charge is 0.244 e. The number of likely N-dealkylation sites (tertiary alicyclic amines) is 2. The molecule has 1 aromatic heterocycles. The molecule has 4 fully saturated rings. The van der Waals surface area contributed by atoms with Crippen molar-refractivity contribution in [3.8, 4) is 5.75 Å². The molecule has 0 bridgehead atoms. The summed E-state index contributed by atoms with van der Waals surface area (Å²) in [5, 5.41) is 17.7. The second-order valence-electron chi connectivity index (χ2n) is 13.2. The van der Waals surface area contributed by atoms with Crippen molar-refractivity contribution in [3.05, 3.63) is 47.3 Å². The SMILES string of the molecule is COc1ccc(C)c(C23CCN(CC4CC4)C(C)C2(O)CC2(CCCC2)N(C(=O)Cn2cc(C)cn2)CC3)c1. The zero-order valence-electron chi connectivity index (χ0n) is 24.3. The van der Waals surface area contributed by atoms with E-state index < -0.39 is 11.0 Å². The number of piperidine rings is 1.